The molecule has 0 saturated heterocycles. The summed E-state index contributed by atoms with van der Waals surface area (Å²) in [7, 11) is 0. The molecule has 1 amide bonds. The summed E-state index contributed by atoms with van der Waals surface area (Å²) < 4.78 is 5.08. The summed E-state index contributed by atoms with van der Waals surface area (Å²) in [4.78, 5) is 11.4. The second-order valence-electron chi connectivity index (χ2n) is 3.98. The largest absolute Gasteiger partial charge is 0.465 e. The van der Waals surface area contributed by atoms with Gasteiger partial charge in [-0.2, -0.15) is 0 Å². The number of carbonyl (C=O) groups is 1. The summed E-state index contributed by atoms with van der Waals surface area (Å²) in [6, 6.07) is 3.90. The second-order valence-corrected chi connectivity index (χ2v) is 3.98. The lowest BCUT2D eigenvalue weighted by molar-refractivity contribution is -0.117. The van der Waals surface area contributed by atoms with E-state index in [0.717, 1.165) is 0 Å². The summed E-state index contributed by atoms with van der Waals surface area (Å²) in [5, 5.41) is 2.94. The highest BCUT2D eigenvalue weighted by Crippen LogP contribution is 2.32. The Morgan fingerprint density at radius 2 is 2.47 bits per heavy atom. The van der Waals surface area contributed by atoms with Gasteiger partial charge >= 0.3 is 0 Å². The van der Waals surface area contributed by atoms with E-state index in [-0.39, 0.29) is 5.91 Å². The van der Waals surface area contributed by atoms with E-state index in [1.807, 2.05) is 6.07 Å². The highest BCUT2D eigenvalue weighted by molar-refractivity contribution is 5.91. The number of carbonyl (C=O) groups excluding carboxylic acids is 1. The van der Waals surface area contributed by atoms with Crippen LogP contribution in [0.25, 0.3) is 6.08 Å². The molecule has 1 unspecified atom stereocenters. The predicted octanol–water partition coefficient (Wildman–Crippen LogP) is 2.21. The fourth-order valence-electron chi connectivity index (χ4n) is 1.53. The number of amides is 1. The van der Waals surface area contributed by atoms with Crippen LogP contribution in [0.1, 0.15) is 25.5 Å². The molecule has 1 aromatic rings. The molecule has 1 aliphatic carbocycles. The zero-order valence-corrected chi connectivity index (χ0v) is 8.77. The van der Waals surface area contributed by atoms with Crippen LogP contribution >= 0.6 is 0 Å². The number of furan rings is 1. The molecular formula is C12H15NO2. The fraction of sp³-hybridized carbons (Fsp3) is 0.417. The van der Waals surface area contributed by atoms with Crippen LogP contribution in [-0.2, 0) is 4.79 Å². The van der Waals surface area contributed by atoms with E-state index in [9.17, 15) is 4.79 Å². The molecule has 1 saturated carbocycles. The van der Waals surface area contributed by atoms with Crippen LogP contribution in [0.3, 0.4) is 0 Å². The van der Waals surface area contributed by atoms with Crippen molar-refractivity contribution in [3.63, 3.8) is 0 Å². The van der Waals surface area contributed by atoms with Gasteiger partial charge in [0.25, 0.3) is 0 Å². The third kappa shape index (κ3) is 2.98. The van der Waals surface area contributed by atoms with Crippen molar-refractivity contribution in [2.75, 3.05) is 0 Å². The first-order chi connectivity index (χ1) is 7.25. The fourth-order valence-corrected chi connectivity index (χ4v) is 1.53. The van der Waals surface area contributed by atoms with Crippen LogP contribution in [-0.4, -0.2) is 11.9 Å². The van der Waals surface area contributed by atoms with Crippen molar-refractivity contribution in [3.8, 4) is 0 Å². The third-order valence-electron chi connectivity index (χ3n) is 2.64. The Labute approximate surface area is 89.2 Å². The van der Waals surface area contributed by atoms with Gasteiger partial charge in [0.15, 0.2) is 0 Å². The number of hydrogen-bond acceptors (Lipinski definition) is 2. The molecule has 80 valence electrons. The molecule has 1 N–H and O–H groups in total. The van der Waals surface area contributed by atoms with Crippen LogP contribution in [0, 0.1) is 5.92 Å². The number of rotatable bonds is 4. The second kappa shape index (κ2) is 4.34. The van der Waals surface area contributed by atoms with Crippen LogP contribution in [0.4, 0.5) is 0 Å². The molecule has 2 rings (SSSR count). The first-order valence-electron chi connectivity index (χ1n) is 5.28. The third-order valence-corrected chi connectivity index (χ3v) is 2.64. The minimum atomic E-state index is -0.0502. The smallest absolute Gasteiger partial charge is 0.244 e. The van der Waals surface area contributed by atoms with Crippen molar-refractivity contribution >= 4 is 12.0 Å². The molecule has 0 aromatic carbocycles. The topological polar surface area (TPSA) is 42.2 Å². The number of hydrogen-bond donors (Lipinski definition) is 1. The maximum absolute atomic E-state index is 11.4. The van der Waals surface area contributed by atoms with Gasteiger partial charge in [-0.1, -0.05) is 0 Å². The molecule has 1 aromatic heterocycles. The average Bonchev–Trinajstić information content (AvgIpc) is 2.93. The highest BCUT2D eigenvalue weighted by Gasteiger charge is 2.28. The summed E-state index contributed by atoms with van der Waals surface area (Å²) in [6.07, 6.45) is 7.25. The Balaban J connectivity index is 1.81. The Morgan fingerprint density at radius 3 is 3.07 bits per heavy atom. The van der Waals surface area contributed by atoms with Crippen molar-refractivity contribution < 1.29 is 9.21 Å². The zero-order valence-electron chi connectivity index (χ0n) is 8.77. The van der Waals surface area contributed by atoms with Gasteiger partial charge in [-0.05, 0) is 43.9 Å². The lowest BCUT2D eigenvalue weighted by atomic mass is 10.2. The van der Waals surface area contributed by atoms with E-state index in [0.29, 0.717) is 17.7 Å². The molecule has 1 atom stereocenters. The van der Waals surface area contributed by atoms with Crippen molar-refractivity contribution in [1.82, 2.24) is 5.32 Å². The van der Waals surface area contributed by atoms with Gasteiger partial charge < -0.3 is 9.73 Å². The Hall–Kier alpha value is -1.51. The lowest BCUT2D eigenvalue weighted by Crippen LogP contribution is -2.32. The minimum Gasteiger partial charge on any atom is -0.465 e. The molecule has 3 heteroatoms. The van der Waals surface area contributed by atoms with E-state index in [2.05, 4.69) is 12.2 Å². The van der Waals surface area contributed by atoms with Gasteiger partial charge in [0.05, 0.1) is 6.26 Å². The Bertz CT molecular complexity index is 350. The van der Waals surface area contributed by atoms with Crippen molar-refractivity contribution in [2.24, 2.45) is 5.92 Å². The van der Waals surface area contributed by atoms with E-state index in [1.54, 1.807) is 18.4 Å². The standard InChI is InChI=1S/C12H15NO2/c1-9(10-4-5-10)13-12(14)7-6-11-3-2-8-15-11/h2-3,6-10H,4-5H2,1H3,(H,13,14)/b7-6+. The van der Waals surface area contributed by atoms with Gasteiger partial charge in [-0.15, -0.1) is 0 Å². The van der Waals surface area contributed by atoms with Crippen LogP contribution in [0.15, 0.2) is 28.9 Å². The normalized spacial score (nSPS) is 17.9. The first-order valence-corrected chi connectivity index (χ1v) is 5.28. The summed E-state index contributed by atoms with van der Waals surface area (Å²) in [6.45, 7) is 2.05. The molecule has 15 heavy (non-hydrogen) atoms. The highest BCUT2D eigenvalue weighted by atomic mass is 16.3. The van der Waals surface area contributed by atoms with Gasteiger partial charge in [-0.3, -0.25) is 4.79 Å². The van der Waals surface area contributed by atoms with Gasteiger partial charge in [-0.25, -0.2) is 0 Å². The van der Waals surface area contributed by atoms with Crippen LogP contribution in [0.2, 0.25) is 0 Å². The van der Waals surface area contributed by atoms with E-state index < -0.39 is 0 Å². The van der Waals surface area contributed by atoms with Crippen molar-refractivity contribution in [1.29, 1.82) is 0 Å². The van der Waals surface area contributed by atoms with E-state index >= 15 is 0 Å². The Kier molecular flexibility index (Phi) is 2.90. The summed E-state index contributed by atoms with van der Waals surface area (Å²) in [5.74, 6) is 1.33. The molecule has 1 fully saturated rings. The van der Waals surface area contributed by atoms with E-state index in [4.69, 9.17) is 4.42 Å². The van der Waals surface area contributed by atoms with Crippen LogP contribution < -0.4 is 5.32 Å². The molecule has 3 nitrogen and oxygen atoms in total. The zero-order chi connectivity index (χ0) is 10.7. The SMILES string of the molecule is CC(NC(=O)/C=C/c1ccco1)C1CC1. The van der Waals surface area contributed by atoms with Crippen molar-refractivity contribution in [2.45, 2.75) is 25.8 Å². The predicted molar refractivity (Wildman–Crippen MR) is 58.1 cm³/mol. The minimum absolute atomic E-state index is 0.0502. The van der Waals surface area contributed by atoms with Crippen molar-refractivity contribution in [3.05, 3.63) is 30.2 Å². The molecular weight excluding hydrogens is 190 g/mol. The monoisotopic (exact) mass is 205 g/mol. The molecule has 0 bridgehead atoms. The lowest BCUT2D eigenvalue weighted by Gasteiger charge is -2.09. The maximum atomic E-state index is 11.4. The molecule has 0 aliphatic heterocycles. The quantitative estimate of drug-likeness (QED) is 0.766. The average molecular weight is 205 g/mol. The number of nitrogens with one attached hydrogen (secondary N) is 1. The molecule has 1 heterocycles. The van der Waals surface area contributed by atoms with E-state index in [1.165, 1.54) is 18.9 Å². The van der Waals surface area contributed by atoms with Gasteiger partial charge in [0.1, 0.15) is 5.76 Å². The van der Waals surface area contributed by atoms with Crippen LogP contribution in [0.5, 0.6) is 0 Å². The molecule has 0 spiro atoms. The Morgan fingerprint density at radius 1 is 1.67 bits per heavy atom. The summed E-state index contributed by atoms with van der Waals surface area (Å²) in [5.41, 5.74) is 0. The van der Waals surface area contributed by atoms with Gasteiger partial charge in [0, 0.05) is 12.1 Å². The first kappa shape index (κ1) is 10.0. The summed E-state index contributed by atoms with van der Waals surface area (Å²) >= 11 is 0. The van der Waals surface area contributed by atoms with Gasteiger partial charge in [0.2, 0.25) is 5.91 Å². The molecule has 1 aliphatic rings. The molecule has 0 radical (unpaired) electrons. The maximum Gasteiger partial charge on any atom is 0.244 e.